The maximum absolute atomic E-state index is 13.0. The van der Waals surface area contributed by atoms with Crippen molar-refractivity contribution in [3.63, 3.8) is 0 Å². The molecule has 3 aromatic rings. The number of sulfonamides is 1. The molecule has 0 radical (unpaired) electrons. The van der Waals surface area contributed by atoms with Crippen molar-refractivity contribution in [1.29, 1.82) is 0 Å². The minimum absolute atomic E-state index is 0.106. The second-order valence-corrected chi connectivity index (χ2v) is 10.6. The monoisotopic (exact) mass is 470 g/mol. The first kappa shape index (κ1) is 24.6. The molecule has 0 unspecified atom stereocenters. The minimum atomic E-state index is -3.40. The van der Waals surface area contributed by atoms with E-state index in [0.29, 0.717) is 22.9 Å². The Hall–Kier alpha value is -3.04. The second kappa shape index (κ2) is 10.3. The van der Waals surface area contributed by atoms with Gasteiger partial charge < -0.3 is 5.32 Å². The van der Waals surface area contributed by atoms with Crippen molar-refractivity contribution in [2.45, 2.75) is 52.6 Å². The minimum Gasteiger partial charge on any atom is -0.347 e. The van der Waals surface area contributed by atoms with Crippen molar-refractivity contribution < 1.29 is 13.2 Å². The van der Waals surface area contributed by atoms with E-state index < -0.39 is 10.0 Å². The Kier molecular flexibility index (Phi) is 7.65. The predicted octanol–water partition coefficient (Wildman–Crippen LogP) is 2.81. The van der Waals surface area contributed by atoms with E-state index in [2.05, 4.69) is 15.1 Å². The highest BCUT2D eigenvalue weighted by molar-refractivity contribution is 7.88. The van der Waals surface area contributed by atoms with Crippen LogP contribution in [0.5, 0.6) is 0 Å². The predicted molar refractivity (Wildman–Crippen MR) is 129 cm³/mol. The van der Waals surface area contributed by atoms with Gasteiger partial charge in [-0.05, 0) is 37.0 Å². The van der Waals surface area contributed by atoms with Gasteiger partial charge in [-0.1, -0.05) is 56.3 Å². The molecule has 1 amide bonds. The molecule has 0 aliphatic heterocycles. The molecule has 0 saturated carbocycles. The number of benzene rings is 2. The highest BCUT2D eigenvalue weighted by atomic mass is 32.2. The van der Waals surface area contributed by atoms with Gasteiger partial charge in [-0.15, -0.1) is 0 Å². The van der Waals surface area contributed by atoms with Gasteiger partial charge in [-0.2, -0.15) is 5.10 Å². The average molecular weight is 471 g/mol. The summed E-state index contributed by atoms with van der Waals surface area (Å²) in [4.78, 5) is 25.7. The molecular formula is C24H30N4O4S. The molecule has 0 atom stereocenters. The molecular weight excluding hydrogens is 440 g/mol. The van der Waals surface area contributed by atoms with Crippen molar-refractivity contribution in [2.24, 2.45) is 5.92 Å². The van der Waals surface area contributed by atoms with Crippen LogP contribution in [0.4, 0.5) is 0 Å². The SMILES string of the molecule is CC(C)Cn1nc(C(=O)NCc2ccc(CS(=O)(=O)NC(C)C)cc2)c2ccccc2c1=O. The van der Waals surface area contributed by atoms with Gasteiger partial charge in [0.25, 0.3) is 11.5 Å². The zero-order chi connectivity index (χ0) is 24.2. The maximum Gasteiger partial charge on any atom is 0.274 e. The molecule has 8 nitrogen and oxygen atoms in total. The average Bonchev–Trinajstić information content (AvgIpc) is 2.73. The molecule has 0 fully saturated rings. The zero-order valence-electron chi connectivity index (χ0n) is 19.3. The van der Waals surface area contributed by atoms with E-state index in [1.807, 2.05) is 13.8 Å². The summed E-state index contributed by atoms with van der Waals surface area (Å²) in [5.74, 6) is -0.285. The zero-order valence-corrected chi connectivity index (χ0v) is 20.1. The third-order valence-electron chi connectivity index (χ3n) is 4.87. The van der Waals surface area contributed by atoms with Crippen LogP contribution in [0.15, 0.2) is 53.3 Å². The van der Waals surface area contributed by atoms with Gasteiger partial charge in [0.1, 0.15) is 0 Å². The molecule has 1 aromatic heterocycles. The van der Waals surface area contributed by atoms with E-state index in [0.717, 1.165) is 5.56 Å². The molecule has 0 spiro atoms. The fraction of sp³-hybridized carbons (Fsp3) is 0.375. The van der Waals surface area contributed by atoms with E-state index in [9.17, 15) is 18.0 Å². The second-order valence-electron chi connectivity index (χ2n) is 8.81. The maximum atomic E-state index is 13.0. The number of rotatable bonds is 9. The Morgan fingerprint density at radius 3 is 2.18 bits per heavy atom. The van der Waals surface area contributed by atoms with Crippen LogP contribution >= 0.6 is 0 Å². The third kappa shape index (κ3) is 6.49. The Morgan fingerprint density at radius 2 is 1.58 bits per heavy atom. The lowest BCUT2D eigenvalue weighted by Gasteiger charge is -2.13. The van der Waals surface area contributed by atoms with Gasteiger partial charge in [0.2, 0.25) is 10.0 Å². The normalized spacial score (nSPS) is 11.9. The van der Waals surface area contributed by atoms with Crippen molar-refractivity contribution in [2.75, 3.05) is 0 Å². The van der Waals surface area contributed by atoms with Crippen LogP contribution in [-0.2, 0) is 28.9 Å². The van der Waals surface area contributed by atoms with Crippen molar-refractivity contribution in [3.8, 4) is 0 Å². The van der Waals surface area contributed by atoms with Gasteiger partial charge >= 0.3 is 0 Å². The van der Waals surface area contributed by atoms with Crippen molar-refractivity contribution in [3.05, 3.63) is 75.7 Å². The quantitative estimate of drug-likeness (QED) is 0.500. The van der Waals surface area contributed by atoms with Crippen LogP contribution < -0.4 is 15.6 Å². The number of hydrogen-bond donors (Lipinski definition) is 2. The van der Waals surface area contributed by atoms with Crippen LogP contribution in [0.2, 0.25) is 0 Å². The van der Waals surface area contributed by atoms with Gasteiger partial charge in [0.05, 0.1) is 11.1 Å². The summed E-state index contributed by atoms with van der Waals surface area (Å²) in [5.41, 5.74) is 1.47. The van der Waals surface area contributed by atoms with Crippen LogP contribution in [0.1, 0.15) is 49.3 Å². The molecule has 0 aliphatic carbocycles. The van der Waals surface area contributed by atoms with Crippen LogP contribution in [0.3, 0.4) is 0 Å². The largest absolute Gasteiger partial charge is 0.347 e. The molecule has 176 valence electrons. The molecule has 3 rings (SSSR count). The number of nitrogens with zero attached hydrogens (tertiary/aromatic N) is 2. The van der Waals surface area contributed by atoms with Crippen LogP contribution in [0.25, 0.3) is 10.8 Å². The number of nitrogens with one attached hydrogen (secondary N) is 2. The lowest BCUT2D eigenvalue weighted by Crippen LogP contribution is -2.31. The highest BCUT2D eigenvalue weighted by Crippen LogP contribution is 2.14. The highest BCUT2D eigenvalue weighted by Gasteiger charge is 2.17. The number of carbonyl (C=O) groups is 1. The van der Waals surface area contributed by atoms with Crippen molar-refractivity contribution >= 4 is 26.7 Å². The van der Waals surface area contributed by atoms with Crippen molar-refractivity contribution in [1.82, 2.24) is 19.8 Å². The smallest absolute Gasteiger partial charge is 0.274 e. The Labute approximate surface area is 194 Å². The molecule has 9 heteroatoms. The molecule has 0 aliphatic rings. The number of fused-ring (bicyclic) bond motifs is 1. The topological polar surface area (TPSA) is 110 Å². The first-order chi connectivity index (χ1) is 15.6. The summed E-state index contributed by atoms with van der Waals surface area (Å²) in [5, 5.41) is 8.17. The Morgan fingerprint density at radius 1 is 0.970 bits per heavy atom. The molecule has 0 saturated heterocycles. The van der Waals surface area contributed by atoms with Gasteiger partial charge in [0, 0.05) is 24.5 Å². The molecule has 33 heavy (non-hydrogen) atoms. The van der Waals surface area contributed by atoms with E-state index in [1.54, 1.807) is 62.4 Å². The van der Waals surface area contributed by atoms with Gasteiger partial charge in [-0.3, -0.25) is 9.59 Å². The standard InChI is InChI=1S/C24H30N4O4S/c1-16(2)14-28-24(30)21-8-6-5-7-20(21)22(26-28)23(29)25-13-18-9-11-19(12-10-18)15-33(31,32)27-17(3)4/h5-12,16-17,27H,13-15H2,1-4H3,(H,25,29). The first-order valence-electron chi connectivity index (χ1n) is 10.9. The number of hydrogen-bond acceptors (Lipinski definition) is 5. The van der Waals surface area contributed by atoms with Crippen LogP contribution in [-0.4, -0.2) is 30.1 Å². The van der Waals surface area contributed by atoms with Gasteiger partial charge in [0.15, 0.2) is 5.69 Å². The Bertz CT molecular complexity index is 1300. The fourth-order valence-electron chi connectivity index (χ4n) is 3.51. The Balaban J connectivity index is 1.76. The van der Waals surface area contributed by atoms with E-state index >= 15 is 0 Å². The molecule has 0 bridgehead atoms. The lowest BCUT2D eigenvalue weighted by molar-refractivity contribution is 0.0945. The van der Waals surface area contributed by atoms with E-state index in [-0.39, 0.29) is 41.4 Å². The van der Waals surface area contributed by atoms with Crippen LogP contribution in [0, 0.1) is 5.92 Å². The summed E-state index contributed by atoms with van der Waals surface area (Å²) < 4.78 is 28.1. The number of amides is 1. The summed E-state index contributed by atoms with van der Waals surface area (Å²) in [6.07, 6.45) is 0. The summed E-state index contributed by atoms with van der Waals surface area (Å²) in [6, 6.07) is 13.8. The molecule has 1 heterocycles. The third-order valence-corrected chi connectivity index (χ3v) is 6.41. The van der Waals surface area contributed by atoms with Gasteiger partial charge in [-0.25, -0.2) is 17.8 Å². The fourth-order valence-corrected chi connectivity index (χ4v) is 4.94. The summed E-state index contributed by atoms with van der Waals surface area (Å²) in [7, 11) is -3.40. The lowest BCUT2D eigenvalue weighted by atomic mass is 10.1. The molecule has 2 aromatic carbocycles. The number of carbonyl (C=O) groups excluding carboxylic acids is 1. The summed E-state index contributed by atoms with van der Waals surface area (Å²) in [6.45, 7) is 8.18. The van der Waals surface area contributed by atoms with E-state index in [4.69, 9.17) is 0 Å². The van der Waals surface area contributed by atoms with E-state index in [1.165, 1.54) is 4.68 Å². The molecule has 2 N–H and O–H groups in total. The number of aromatic nitrogens is 2. The first-order valence-corrected chi connectivity index (χ1v) is 12.6. The summed E-state index contributed by atoms with van der Waals surface area (Å²) >= 11 is 0.